The highest BCUT2D eigenvalue weighted by Crippen LogP contribution is 2.45. The molecular formula is C46H56O5SSi. The Morgan fingerprint density at radius 3 is 2.32 bits per heavy atom. The van der Waals surface area contributed by atoms with E-state index in [0.717, 1.165) is 51.6 Å². The van der Waals surface area contributed by atoms with Gasteiger partial charge >= 0.3 is 5.97 Å². The second-order valence-corrected chi connectivity index (χ2v) is 20.8. The fourth-order valence-corrected chi connectivity index (χ4v) is 13.8. The van der Waals surface area contributed by atoms with Gasteiger partial charge in [0.05, 0.1) is 19.3 Å². The number of thiophene rings is 1. The van der Waals surface area contributed by atoms with Crippen LogP contribution in [-0.2, 0) is 23.4 Å². The van der Waals surface area contributed by atoms with Gasteiger partial charge in [0, 0.05) is 28.5 Å². The molecule has 0 spiro atoms. The van der Waals surface area contributed by atoms with Crippen molar-refractivity contribution in [3.8, 4) is 0 Å². The van der Waals surface area contributed by atoms with E-state index in [1.165, 1.54) is 38.0 Å². The number of fused-ring (bicyclic) bond motifs is 1. The first-order chi connectivity index (χ1) is 25.7. The normalized spacial score (nSPS) is 21.8. The van der Waals surface area contributed by atoms with Gasteiger partial charge in [-0.1, -0.05) is 136 Å². The molecule has 1 aliphatic carbocycles. The molecular weight excluding hydrogens is 693 g/mol. The summed E-state index contributed by atoms with van der Waals surface area (Å²) in [4.78, 5) is 12.8. The zero-order valence-corrected chi connectivity index (χ0v) is 33.7. The Balaban J connectivity index is 1.39. The van der Waals surface area contributed by atoms with E-state index in [0.29, 0.717) is 6.42 Å². The number of unbranched alkanes of at least 4 members (excludes halogenated alkanes) is 1. The van der Waals surface area contributed by atoms with Gasteiger partial charge in [-0.3, -0.25) is 4.79 Å². The molecule has 1 saturated carbocycles. The summed E-state index contributed by atoms with van der Waals surface area (Å²) in [5, 5.41) is 3.58. The Bertz CT molecular complexity index is 1760. The molecule has 7 heteroatoms. The summed E-state index contributed by atoms with van der Waals surface area (Å²) < 4.78 is 26.8. The van der Waals surface area contributed by atoms with Crippen molar-refractivity contribution in [1.82, 2.24) is 0 Å². The van der Waals surface area contributed by atoms with Gasteiger partial charge in [0.2, 0.25) is 0 Å². The molecule has 4 aromatic rings. The number of rotatable bonds is 15. The lowest BCUT2D eigenvalue weighted by atomic mass is 9.89. The Labute approximate surface area is 321 Å². The fourth-order valence-electron chi connectivity index (χ4n) is 8.08. The molecule has 6 rings (SSSR count). The van der Waals surface area contributed by atoms with Gasteiger partial charge in [0.15, 0.2) is 6.29 Å². The van der Waals surface area contributed by atoms with Crippen molar-refractivity contribution >= 4 is 46.1 Å². The molecule has 0 amide bonds. The smallest absolute Gasteiger partial charge is 0.305 e. The third kappa shape index (κ3) is 9.38. The molecule has 280 valence electrons. The van der Waals surface area contributed by atoms with E-state index in [9.17, 15) is 4.79 Å². The van der Waals surface area contributed by atoms with Crippen LogP contribution < -0.4 is 10.4 Å². The van der Waals surface area contributed by atoms with E-state index in [4.69, 9.17) is 18.6 Å². The molecule has 0 bridgehead atoms. The van der Waals surface area contributed by atoms with E-state index in [1.54, 1.807) is 0 Å². The summed E-state index contributed by atoms with van der Waals surface area (Å²) >= 11 is 1.82. The van der Waals surface area contributed by atoms with Crippen LogP contribution in [0.4, 0.5) is 0 Å². The number of carbonyl (C=O) groups is 1. The minimum absolute atomic E-state index is 0.0319. The van der Waals surface area contributed by atoms with Crippen LogP contribution >= 0.6 is 11.3 Å². The molecule has 5 atom stereocenters. The summed E-state index contributed by atoms with van der Waals surface area (Å²) in [5.41, 5.74) is 1.21. The van der Waals surface area contributed by atoms with Gasteiger partial charge in [-0.2, -0.15) is 0 Å². The molecule has 2 fully saturated rings. The molecule has 1 aromatic heterocycles. The number of methoxy groups -OCH3 is 1. The first kappa shape index (κ1) is 39.1. The first-order valence-corrected chi connectivity index (χ1v) is 22.0. The highest BCUT2D eigenvalue weighted by Gasteiger charge is 2.51. The Kier molecular flexibility index (Phi) is 13.4. The number of allylic oxidation sites excluding steroid dienone is 2. The minimum atomic E-state index is -2.91. The van der Waals surface area contributed by atoms with E-state index in [2.05, 4.69) is 143 Å². The van der Waals surface area contributed by atoms with Crippen molar-refractivity contribution in [2.24, 2.45) is 11.8 Å². The molecule has 5 nitrogen and oxygen atoms in total. The number of ether oxygens (including phenoxy) is 3. The van der Waals surface area contributed by atoms with E-state index < -0.39 is 8.32 Å². The topological polar surface area (TPSA) is 54.0 Å². The quantitative estimate of drug-likeness (QED) is 0.0524. The lowest BCUT2D eigenvalue weighted by Crippen LogP contribution is -2.66. The number of esters is 1. The maximum absolute atomic E-state index is 11.6. The Hall–Kier alpha value is -3.59. The Morgan fingerprint density at radius 2 is 1.68 bits per heavy atom. The summed E-state index contributed by atoms with van der Waals surface area (Å²) in [7, 11) is -1.46. The maximum Gasteiger partial charge on any atom is 0.305 e. The van der Waals surface area contributed by atoms with Crippen molar-refractivity contribution < 1.29 is 23.4 Å². The van der Waals surface area contributed by atoms with Gasteiger partial charge in [-0.25, -0.2) is 0 Å². The first-order valence-electron chi connectivity index (χ1n) is 19.3. The number of benzene rings is 3. The lowest BCUT2D eigenvalue weighted by Gasteiger charge is -2.44. The highest BCUT2D eigenvalue weighted by atomic mass is 32.1. The third-order valence-corrected chi connectivity index (χ3v) is 17.0. The summed E-state index contributed by atoms with van der Waals surface area (Å²) in [6.07, 6.45) is 15.5. The number of carbonyl (C=O) groups excluding carboxylic acids is 1. The SMILES string of the molecule is C=C1C[C@@H](OC2CCCCO2)[C@H](/C=C/[C@@H](O[Si](c2ccccc2)(c2ccccc2)C(C)(C)C)c2cc3ccccc3s2)[C@H]1C/C=C\CCCC(=O)OC. The standard InChI is InChI=1S/C46H56O5SSi/c1-34-32-41(50-45-28-18-19-31-49-45)39(38(34)25-14-6-7-15-27-44(47)48-5)29-30-40(43-33-35-20-16-17-26-42(35)52-43)51-53(46(2,3)4,36-21-10-8-11-22-36)37-23-12-9-13-24-37/h6,8-14,16-17,20-24,26,29-30,33,38-41,45H,1,7,15,18-19,25,27-28,31-32H2,2-5H3/b14-6-,30-29+/t38-,39+,40+,41+,45?/m0/s1. The largest absolute Gasteiger partial charge is 0.469 e. The molecule has 0 N–H and O–H groups in total. The zero-order valence-electron chi connectivity index (χ0n) is 31.9. The van der Waals surface area contributed by atoms with Crippen molar-refractivity contribution in [3.63, 3.8) is 0 Å². The van der Waals surface area contributed by atoms with Crippen LogP contribution in [0.3, 0.4) is 0 Å². The van der Waals surface area contributed by atoms with Crippen LogP contribution in [0.2, 0.25) is 5.04 Å². The predicted octanol–water partition coefficient (Wildman–Crippen LogP) is 10.5. The molecule has 53 heavy (non-hydrogen) atoms. The highest BCUT2D eigenvalue weighted by molar-refractivity contribution is 7.19. The van der Waals surface area contributed by atoms with Crippen molar-refractivity contribution in [2.75, 3.05) is 13.7 Å². The zero-order chi connectivity index (χ0) is 37.3. The fraction of sp³-hybridized carbons (Fsp3) is 0.413. The van der Waals surface area contributed by atoms with Crippen LogP contribution in [0.15, 0.2) is 127 Å². The van der Waals surface area contributed by atoms with Gasteiger partial charge in [0.1, 0.15) is 0 Å². The summed E-state index contributed by atoms with van der Waals surface area (Å²) in [6.45, 7) is 12.4. The van der Waals surface area contributed by atoms with Gasteiger partial charge in [-0.15, -0.1) is 11.3 Å². The summed E-state index contributed by atoms with van der Waals surface area (Å²) in [5.74, 6) is 0.158. The van der Waals surface area contributed by atoms with Crippen molar-refractivity contribution in [1.29, 1.82) is 0 Å². The van der Waals surface area contributed by atoms with E-state index >= 15 is 0 Å². The molecule has 1 saturated heterocycles. The van der Waals surface area contributed by atoms with Gasteiger partial charge in [0.25, 0.3) is 8.32 Å². The molecule has 1 aliphatic heterocycles. The van der Waals surface area contributed by atoms with Crippen LogP contribution in [-0.4, -0.2) is 40.4 Å². The lowest BCUT2D eigenvalue weighted by molar-refractivity contribution is -0.192. The van der Waals surface area contributed by atoms with E-state index in [1.807, 2.05) is 11.3 Å². The van der Waals surface area contributed by atoms with Crippen molar-refractivity contribution in [3.05, 3.63) is 132 Å². The third-order valence-electron chi connectivity index (χ3n) is 10.8. The van der Waals surface area contributed by atoms with E-state index in [-0.39, 0.29) is 41.3 Å². The second kappa shape index (κ2) is 18.2. The molecule has 1 unspecified atom stereocenters. The predicted molar refractivity (Wildman–Crippen MR) is 221 cm³/mol. The second-order valence-electron chi connectivity index (χ2n) is 15.5. The van der Waals surface area contributed by atoms with Crippen molar-refractivity contribution in [2.45, 2.75) is 95.7 Å². The van der Waals surface area contributed by atoms with Crippen LogP contribution in [0.1, 0.15) is 83.1 Å². The summed E-state index contributed by atoms with van der Waals surface area (Å²) in [6, 6.07) is 32.8. The molecule has 2 heterocycles. The van der Waals surface area contributed by atoms with Gasteiger partial charge < -0.3 is 18.6 Å². The number of hydrogen-bond donors (Lipinski definition) is 0. The average Bonchev–Trinajstić information content (AvgIpc) is 3.73. The van der Waals surface area contributed by atoms with Gasteiger partial charge in [-0.05, 0) is 83.8 Å². The van der Waals surface area contributed by atoms with Crippen LogP contribution in [0.25, 0.3) is 10.1 Å². The molecule has 3 aromatic carbocycles. The molecule has 2 aliphatic rings. The van der Waals surface area contributed by atoms with Crippen LogP contribution in [0.5, 0.6) is 0 Å². The Morgan fingerprint density at radius 1 is 0.981 bits per heavy atom. The maximum atomic E-state index is 11.6. The minimum Gasteiger partial charge on any atom is -0.469 e. The molecule has 0 radical (unpaired) electrons. The number of hydrogen-bond acceptors (Lipinski definition) is 6. The monoisotopic (exact) mass is 748 g/mol. The van der Waals surface area contributed by atoms with Crippen LogP contribution in [0, 0.1) is 11.8 Å². The average molecular weight is 749 g/mol.